The van der Waals surface area contributed by atoms with Gasteiger partial charge in [-0.05, 0) is 43.0 Å². The monoisotopic (exact) mass is 425 g/mol. The molecule has 0 bridgehead atoms. The summed E-state index contributed by atoms with van der Waals surface area (Å²) in [6, 6.07) is 9.48. The van der Waals surface area contributed by atoms with Gasteiger partial charge in [0.05, 0.1) is 24.5 Å². The molecule has 3 heterocycles. The van der Waals surface area contributed by atoms with Crippen LogP contribution in [0.15, 0.2) is 52.7 Å². The van der Waals surface area contributed by atoms with Crippen molar-refractivity contribution in [3.05, 3.63) is 59.6 Å². The van der Waals surface area contributed by atoms with Gasteiger partial charge in [0.1, 0.15) is 23.3 Å². The van der Waals surface area contributed by atoms with Gasteiger partial charge in [-0.1, -0.05) is 26.0 Å². The smallest absolute Gasteiger partial charge is 0.295 e. The highest BCUT2D eigenvalue weighted by Crippen LogP contribution is 2.40. The minimum Gasteiger partial charge on any atom is -0.507 e. The van der Waals surface area contributed by atoms with Gasteiger partial charge < -0.3 is 23.9 Å². The molecule has 7 heteroatoms. The van der Waals surface area contributed by atoms with Crippen molar-refractivity contribution in [3.8, 4) is 5.75 Å². The molecule has 2 aromatic rings. The fourth-order valence-electron chi connectivity index (χ4n) is 3.97. The summed E-state index contributed by atoms with van der Waals surface area (Å²) >= 11 is 0. The number of aliphatic hydroxyl groups excluding tert-OH is 1. The SMILES string of the molecule is CC(C)COc1cccc(/C(O)=C2/C(=O)C(=O)N(CC3CCCO3)C2c2ccco2)c1. The second kappa shape index (κ2) is 8.98. The number of hydrogen-bond donors (Lipinski definition) is 1. The first-order valence-electron chi connectivity index (χ1n) is 10.6. The first-order chi connectivity index (χ1) is 15.0. The van der Waals surface area contributed by atoms with Crippen LogP contribution < -0.4 is 4.74 Å². The molecule has 2 aliphatic rings. The predicted octanol–water partition coefficient (Wildman–Crippen LogP) is 3.92. The van der Waals surface area contributed by atoms with Gasteiger partial charge in [0.15, 0.2) is 0 Å². The Labute approximate surface area is 181 Å². The Kier molecular flexibility index (Phi) is 6.13. The van der Waals surface area contributed by atoms with Crippen molar-refractivity contribution in [2.24, 2.45) is 5.92 Å². The number of hydrogen-bond acceptors (Lipinski definition) is 6. The topological polar surface area (TPSA) is 89.2 Å². The molecule has 0 radical (unpaired) electrons. The molecule has 1 amide bonds. The molecule has 1 aromatic carbocycles. The van der Waals surface area contributed by atoms with Gasteiger partial charge in [0.25, 0.3) is 11.7 Å². The summed E-state index contributed by atoms with van der Waals surface area (Å²) < 4.78 is 17.0. The van der Waals surface area contributed by atoms with Gasteiger partial charge in [0, 0.05) is 18.7 Å². The normalized spacial score (nSPS) is 23.1. The number of rotatable bonds is 7. The largest absolute Gasteiger partial charge is 0.507 e. The molecule has 2 atom stereocenters. The lowest BCUT2D eigenvalue weighted by atomic mass is 9.99. The quantitative estimate of drug-likeness (QED) is 0.411. The molecule has 1 N–H and O–H groups in total. The van der Waals surface area contributed by atoms with Crippen molar-refractivity contribution in [2.75, 3.05) is 19.8 Å². The van der Waals surface area contributed by atoms with Crippen molar-refractivity contribution in [3.63, 3.8) is 0 Å². The number of aliphatic hydroxyl groups is 1. The summed E-state index contributed by atoms with van der Waals surface area (Å²) in [5, 5.41) is 11.1. The summed E-state index contributed by atoms with van der Waals surface area (Å²) in [6.07, 6.45) is 3.09. The maximum Gasteiger partial charge on any atom is 0.295 e. The van der Waals surface area contributed by atoms with E-state index in [9.17, 15) is 14.7 Å². The van der Waals surface area contributed by atoms with E-state index in [0.717, 1.165) is 12.8 Å². The van der Waals surface area contributed by atoms with E-state index in [0.29, 0.717) is 36.2 Å². The number of likely N-dealkylation sites (tertiary alicyclic amines) is 1. The highest BCUT2D eigenvalue weighted by molar-refractivity contribution is 6.46. The van der Waals surface area contributed by atoms with E-state index in [1.807, 2.05) is 13.8 Å². The molecule has 4 rings (SSSR count). The zero-order valence-corrected chi connectivity index (χ0v) is 17.7. The van der Waals surface area contributed by atoms with Crippen LogP contribution >= 0.6 is 0 Å². The number of ether oxygens (including phenoxy) is 2. The Bertz CT molecular complexity index is 972. The molecule has 2 saturated heterocycles. The number of ketones is 1. The maximum atomic E-state index is 13.0. The maximum absolute atomic E-state index is 13.0. The van der Waals surface area contributed by atoms with Crippen LogP contribution in [0.5, 0.6) is 5.75 Å². The standard InChI is InChI=1S/C24H27NO6/c1-15(2)14-31-17-7-3-6-16(12-17)22(26)20-21(19-9-5-11-30-19)25(24(28)23(20)27)13-18-8-4-10-29-18/h3,5-7,9,11-12,15,18,21,26H,4,8,10,13-14H2,1-2H3/b22-20-. The molecule has 0 saturated carbocycles. The van der Waals surface area contributed by atoms with Gasteiger partial charge >= 0.3 is 0 Å². The van der Waals surface area contributed by atoms with Crippen molar-refractivity contribution >= 4 is 17.4 Å². The average molecular weight is 425 g/mol. The van der Waals surface area contributed by atoms with Crippen LogP contribution in [-0.4, -0.2) is 47.6 Å². The zero-order valence-electron chi connectivity index (χ0n) is 17.7. The zero-order chi connectivity index (χ0) is 22.0. The van der Waals surface area contributed by atoms with Crippen LogP contribution in [-0.2, 0) is 14.3 Å². The third-order valence-electron chi connectivity index (χ3n) is 5.47. The summed E-state index contributed by atoms with van der Waals surface area (Å²) in [5.74, 6) is -0.285. The Morgan fingerprint density at radius 2 is 2.10 bits per heavy atom. The van der Waals surface area contributed by atoms with Crippen LogP contribution in [0, 0.1) is 5.92 Å². The molecule has 7 nitrogen and oxygen atoms in total. The fraction of sp³-hybridized carbons (Fsp3) is 0.417. The summed E-state index contributed by atoms with van der Waals surface area (Å²) in [6.45, 7) is 5.53. The lowest BCUT2D eigenvalue weighted by molar-refractivity contribution is -0.141. The Morgan fingerprint density at radius 3 is 2.77 bits per heavy atom. The van der Waals surface area contributed by atoms with E-state index in [1.165, 1.54) is 11.2 Å². The van der Waals surface area contributed by atoms with Gasteiger partial charge in [0.2, 0.25) is 0 Å². The second-order valence-corrected chi connectivity index (χ2v) is 8.33. The molecular weight excluding hydrogens is 398 g/mol. The van der Waals surface area contributed by atoms with Gasteiger partial charge in [-0.3, -0.25) is 9.59 Å². The van der Waals surface area contributed by atoms with E-state index in [1.54, 1.807) is 36.4 Å². The number of Topliss-reactive ketones (excluding diaryl/α,β-unsaturated/α-hetero) is 1. The van der Waals surface area contributed by atoms with Crippen LogP contribution in [0.25, 0.3) is 5.76 Å². The van der Waals surface area contributed by atoms with Gasteiger partial charge in [-0.25, -0.2) is 0 Å². The van der Waals surface area contributed by atoms with E-state index in [4.69, 9.17) is 13.9 Å². The number of carbonyl (C=O) groups is 2. The highest BCUT2D eigenvalue weighted by Gasteiger charge is 2.48. The molecular formula is C24H27NO6. The van der Waals surface area contributed by atoms with Crippen molar-refractivity contribution in [2.45, 2.75) is 38.8 Å². The Hall–Kier alpha value is -3.06. The van der Waals surface area contributed by atoms with E-state index >= 15 is 0 Å². The number of carbonyl (C=O) groups excluding carboxylic acids is 2. The molecule has 0 aliphatic carbocycles. The van der Waals surface area contributed by atoms with Crippen molar-refractivity contribution in [1.82, 2.24) is 4.90 Å². The number of furan rings is 1. The molecule has 2 aliphatic heterocycles. The van der Waals surface area contributed by atoms with Crippen molar-refractivity contribution in [1.29, 1.82) is 0 Å². The van der Waals surface area contributed by atoms with Crippen LogP contribution in [0.2, 0.25) is 0 Å². The Balaban J connectivity index is 1.72. The molecule has 0 spiro atoms. The molecule has 31 heavy (non-hydrogen) atoms. The number of nitrogens with zero attached hydrogens (tertiary/aromatic N) is 1. The third kappa shape index (κ3) is 4.37. The number of amides is 1. The van der Waals surface area contributed by atoms with E-state index in [2.05, 4.69) is 0 Å². The number of benzene rings is 1. The van der Waals surface area contributed by atoms with E-state index < -0.39 is 17.7 Å². The summed E-state index contributed by atoms with van der Waals surface area (Å²) in [5.41, 5.74) is 0.423. The lowest BCUT2D eigenvalue weighted by Gasteiger charge is -2.25. The second-order valence-electron chi connectivity index (χ2n) is 8.33. The van der Waals surface area contributed by atoms with Crippen molar-refractivity contribution < 1.29 is 28.6 Å². The molecule has 1 aromatic heterocycles. The molecule has 2 unspecified atom stereocenters. The van der Waals surface area contributed by atoms with E-state index in [-0.39, 0.29) is 24.0 Å². The lowest BCUT2D eigenvalue weighted by Crippen LogP contribution is -2.36. The summed E-state index contributed by atoms with van der Waals surface area (Å²) in [4.78, 5) is 27.3. The minimum absolute atomic E-state index is 0.0129. The summed E-state index contributed by atoms with van der Waals surface area (Å²) in [7, 11) is 0. The van der Waals surface area contributed by atoms with Crippen LogP contribution in [0.1, 0.15) is 44.1 Å². The van der Waals surface area contributed by atoms with Gasteiger partial charge in [-0.2, -0.15) is 0 Å². The molecule has 2 fully saturated rings. The average Bonchev–Trinajstić information content (AvgIpc) is 3.51. The minimum atomic E-state index is -0.806. The predicted molar refractivity (Wildman–Crippen MR) is 113 cm³/mol. The third-order valence-corrected chi connectivity index (χ3v) is 5.47. The fourth-order valence-corrected chi connectivity index (χ4v) is 3.97. The first-order valence-corrected chi connectivity index (χ1v) is 10.6. The first kappa shape index (κ1) is 21.2. The Morgan fingerprint density at radius 1 is 1.26 bits per heavy atom. The highest BCUT2D eigenvalue weighted by atomic mass is 16.5. The van der Waals surface area contributed by atoms with Crippen LogP contribution in [0.4, 0.5) is 0 Å². The van der Waals surface area contributed by atoms with Gasteiger partial charge in [-0.15, -0.1) is 0 Å². The molecule has 164 valence electrons. The van der Waals surface area contributed by atoms with Crippen LogP contribution in [0.3, 0.4) is 0 Å².